The molecule has 2 saturated heterocycles. The summed E-state index contributed by atoms with van der Waals surface area (Å²) in [6.07, 6.45) is 0. The van der Waals surface area contributed by atoms with Crippen LogP contribution in [0.15, 0.2) is 0 Å². The van der Waals surface area contributed by atoms with Crippen molar-refractivity contribution >= 4 is 10.2 Å². The topological polar surface area (TPSA) is 71.1 Å². The van der Waals surface area contributed by atoms with Gasteiger partial charge in [-0.05, 0) is 13.8 Å². The zero-order chi connectivity index (χ0) is 14.8. The van der Waals surface area contributed by atoms with Crippen LogP contribution < -0.4 is 4.72 Å². The van der Waals surface area contributed by atoms with Gasteiger partial charge in [-0.25, -0.2) is 0 Å². The van der Waals surface area contributed by atoms with Crippen molar-refractivity contribution in [2.75, 3.05) is 46.6 Å². The second-order valence-corrected chi connectivity index (χ2v) is 7.35. The summed E-state index contributed by atoms with van der Waals surface area (Å²) in [5.74, 6) is 0. The van der Waals surface area contributed by atoms with Gasteiger partial charge in [0.2, 0.25) is 0 Å². The Balaban J connectivity index is 2.00. The Morgan fingerprint density at radius 3 is 2.45 bits per heavy atom. The van der Waals surface area contributed by atoms with Crippen LogP contribution in [0.2, 0.25) is 0 Å². The lowest BCUT2D eigenvalue weighted by atomic mass is 10.1. The van der Waals surface area contributed by atoms with Gasteiger partial charge in [0.05, 0.1) is 38.5 Å². The molecule has 0 aromatic heterocycles. The molecule has 0 saturated carbocycles. The van der Waals surface area contributed by atoms with Gasteiger partial charge >= 0.3 is 0 Å². The first-order valence-corrected chi connectivity index (χ1v) is 8.50. The minimum absolute atomic E-state index is 0.0725. The first-order valence-electron chi connectivity index (χ1n) is 7.06. The van der Waals surface area contributed by atoms with Gasteiger partial charge in [-0.1, -0.05) is 0 Å². The predicted molar refractivity (Wildman–Crippen MR) is 75.7 cm³/mol. The lowest BCUT2D eigenvalue weighted by molar-refractivity contribution is 0.0116. The molecule has 2 heterocycles. The van der Waals surface area contributed by atoms with Crippen molar-refractivity contribution in [3.63, 3.8) is 0 Å². The fourth-order valence-electron chi connectivity index (χ4n) is 2.48. The molecule has 0 amide bonds. The van der Waals surface area contributed by atoms with E-state index in [1.807, 2.05) is 13.8 Å². The van der Waals surface area contributed by atoms with Gasteiger partial charge in [-0.3, -0.25) is 4.90 Å². The Kier molecular flexibility index (Phi) is 5.38. The van der Waals surface area contributed by atoms with Crippen LogP contribution in [0, 0.1) is 0 Å². The average molecular weight is 307 g/mol. The van der Waals surface area contributed by atoms with E-state index < -0.39 is 10.2 Å². The second kappa shape index (κ2) is 6.67. The smallest absolute Gasteiger partial charge is 0.279 e. The van der Waals surface area contributed by atoms with Gasteiger partial charge in [0.15, 0.2) is 0 Å². The summed E-state index contributed by atoms with van der Waals surface area (Å²) in [7, 11) is -1.88. The maximum atomic E-state index is 12.3. The first kappa shape index (κ1) is 16.1. The highest BCUT2D eigenvalue weighted by molar-refractivity contribution is 7.87. The maximum absolute atomic E-state index is 12.3. The summed E-state index contributed by atoms with van der Waals surface area (Å²) in [5, 5.41) is 0. The van der Waals surface area contributed by atoms with Crippen LogP contribution in [0.5, 0.6) is 0 Å². The molecule has 8 heteroatoms. The number of rotatable bonds is 5. The molecule has 0 aliphatic carbocycles. The number of hydrogen-bond acceptors (Lipinski definition) is 5. The van der Waals surface area contributed by atoms with Crippen LogP contribution in [0.3, 0.4) is 0 Å². The van der Waals surface area contributed by atoms with Crippen LogP contribution in [0.1, 0.15) is 13.8 Å². The largest absolute Gasteiger partial charge is 0.379 e. The third-order valence-corrected chi connectivity index (χ3v) is 5.75. The molecule has 0 aromatic carbocycles. The van der Waals surface area contributed by atoms with E-state index in [-0.39, 0.29) is 18.1 Å². The fraction of sp³-hybridized carbons (Fsp3) is 1.00. The highest BCUT2D eigenvalue weighted by Crippen LogP contribution is 2.16. The zero-order valence-corrected chi connectivity index (χ0v) is 13.2. The summed E-state index contributed by atoms with van der Waals surface area (Å²) in [6.45, 7) is 7.74. The van der Waals surface area contributed by atoms with Crippen molar-refractivity contribution in [2.45, 2.75) is 32.0 Å². The number of ether oxygens (including phenoxy) is 2. The molecule has 7 nitrogen and oxygen atoms in total. The predicted octanol–water partition coefficient (Wildman–Crippen LogP) is -0.739. The number of hydrogen-bond donors (Lipinski definition) is 1. The summed E-state index contributed by atoms with van der Waals surface area (Å²) in [5.41, 5.74) is 0. The lowest BCUT2D eigenvalue weighted by Crippen LogP contribution is -2.56. The quantitative estimate of drug-likeness (QED) is 0.724. The number of nitrogens with one attached hydrogen (secondary N) is 1. The third kappa shape index (κ3) is 3.69. The molecule has 118 valence electrons. The highest BCUT2D eigenvalue weighted by atomic mass is 32.2. The van der Waals surface area contributed by atoms with Crippen LogP contribution >= 0.6 is 0 Å². The van der Waals surface area contributed by atoms with Crippen molar-refractivity contribution in [1.29, 1.82) is 0 Å². The summed E-state index contributed by atoms with van der Waals surface area (Å²) in [4.78, 5) is 2.25. The van der Waals surface area contributed by atoms with Gasteiger partial charge in [-0.2, -0.15) is 17.4 Å². The van der Waals surface area contributed by atoms with Crippen molar-refractivity contribution in [2.24, 2.45) is 0 Å². The van der Waals surface area contributed by atoms with E-state index in [9.17, 15) is 8.42 Å². The normalized spacial score (nSPS) is 29.4. The van der Waals surface area contributed by atoms with Gasteiger partial charge in [-0.15, -0.1) is 0 Å². The molecule has 2 fully saturated rings. The molecular formula is C12H25N3O4S. The van der Waals surface area contributed by atoms with Gasteiger partial charge in [0.1, 0.15) is 0 Å². The lowest BCUT2D eigenvalue weighted by Gasteiger charge is -2.35. The molecule has 0 aromatic rings. The van der Waals surface area contributed by atoms with Crippen molar-refractivity contribution < 1.29 is 17.9 Å². The first-order chi connectivity index (χ1) is 9.42. The molecule has 0 radical (unpaired) electrons. The molecule has 20 heavy (non-hydrogen) atoms. The molecular weight excluding hydrogens is 282 g/mol. The van der Waals surface area contributed by atoms with Crippen LogP contribution in [-0.2, 0) is 19.7 Å². The van der Waals surface area contributed by atoms with Crippen molar-refractivity contribution in [3.05, 3.63) is 0 Å². The monoisotopic (exact) mass is 307 g/mol. The Bertz CT molecular complexity index is 409. The Morgan fingerprint density at radius 1 is 1.20 bits per heavy atom. The zero-order valence-electron chi connectivity index (χ0n) is 12.4. The third-order valence-electron chi connectivity index (χ3n) is 3.97. The molecule has 2 rings (SSSR count). The Labute approximate surface area is 121 Å². The Hall–Kier alpha value is -0.250. The molecule has 2 aliphatic heterocycles. The van der Waals surface area contributed by atoms with E-state index in [1.165, 1.54) is 4.31 Å². The van der Waals surface area contributed by atoms with E-state index in [4.69, 9.17) is 9.47 Å². The average Bonchev–Trinajstić information content (AvgIpc) is 2.86. The molecule has 2 aliphatic rings. The van der Waals surface area contributed by atoms with Gasteiger partial charge < -0.3 is 9.47 Å². The standard InChI is InChI=1S/C12H25N3O4S/c1-10(2)14(3)20(16,17)13-11-8-19-9-12(11)15-4-6-18-7-5-15/h10-13H,4-9H2,1-3H3/t11-,12-/m0/s1. The molecule has 1 N–H and O–H groups in total. The maximum Gasteiger partial charge on any atom is 0.279 e. The minimum atomic E-state index is -3.47. The minimum Gasteiger partial charge on any atom is -0.379 e. The van der Waals surface area contributed by atoms with Crippen LogP contribution in [0.4, 0.5) is 0 Å². The summed E-state index contributed by atoms with van der Waals surface area (Å²) < 4.78 is 39.5. The molecule has 2 atom stereocenters. The molecule has 0 unspecified atom stereocenters. The van der Waals surface area contributed by atoms with E-state index in [2.05, 4.69) is 9.62 Å². The van der Waals surface area contributed by atoms with Crippen molar-refractivity contribution in [3.8, 4) is 0 Å². The fourth-order valence-corrected chi connectivity index (χ4v) is 3.81. The van der Waals surface area contributed by atoms with Crippen LogP contribution in [0.25, 0.3) is 0 Å². The van der Waals surface area contributed by atoms with Gasteiger partial charge in [0.25, 0.3) is 10.2 Å². The summed E-state index contributed by atoms with van der Waals surface area (Å²) >= 11 is 0. The van der Waals surface area contributed by atoms with Crippen LogP contribution in [-0.4, -0.2) is 82.3 Å². The van der Waals surface area contributed by atoms with E-state index in [1.54, 1.807) is 7.05 Å². The van der Waals surface area contributed by atoms with Crippen molar-refractivity contribution in [1.82, 2.24) is 13.9 Å². The Morgan fingerprint density at radius 2 is 1.85 bits per heavy atom. The van der Waals surface area contributed by atoms with E-state index in [0.717, 1.165) is 13.1 Å². The molecule has 0 bridgehead atoms. The van der Waals surface area contributed by atoms with E-state index in [0.29, 0.717) is 26.4 Å². The highest BCUT2D eigenvalue weighted by Gasteiger charge is 2.37. The second-order valence-electron chi connectivity index (χ2n) is 5.59. The van der Waals surface area contributed by atoms with E-state index >= 15 is 0 Å². The number of nitrogens with zero attached hydrogens (tertiary/aromatic N) is 2. The van der Waals surface area contributed by atoms with Gasteiger partial charge in [0, 0.05) is 26.2 Å². The summed E-state index contributed by atoms with van der Waals surface area (Å²) in [6, 6.07) is -0.176. The SMILES string of the molecule is CC(C)N(C)S(=O)(=O)N[C@H]1COC[C@@H]1N1CCOCC1. The number of morpholine rings is 1. The molecule has 0 spiro atoms.